The second kappa shape index (κ2) is 6.20. The van der Waals surface area contributed by atoms with Crippen molar-refractivity contribution in [3.63, 3.8) is 0 Å². The Morgan fingerprint density at radius 3 is 2.38 bits per heavy atom. The van der Waals surface area contributed by atoms with Crippen LogP contribution in [0.5, 0.6) is 0 Å². The molecule has 0 atom stereocenters. The molecule has 78 valence electrons. The SMILES string of the molecule is CC(C)/C=C/CCCC(C)(C)CO. The van der Waals surface area contributed by atoms with Crippen molar-refractivity contribution >= 4 is 0 Å². The molecule has 0 aliphatic heterocycles. The molecule has 0 spiro atoms. The third-order valence-electron chi connectivity index (χ3n) is 2.17. The van der Waals surface area contributed by atoms with Crippen molar-refractivity contribution in [2.75, 3.05) is 6.61 Å². The highest BCUT2D eigenvalue weighted by Crippen LogP contribution is 2.22. The van der Waals surface area contributed by atoms with Gasteiger partial charge in [0.2, 0.25) is 0 Å². The van der Waals surface area contributed by atoms with Crippen molar-refractivity contribution in [3.8, 4) is 0 Å². The third-order valence-corrected chi connectivity index (χ3v) is 2.17. The summed E-state index contributed by atoms with van der Waals surface area (Å²) in [6, 6.07) is 0. The molecule has 0 saturated carbocycles. The molecule has 1 nitrogen and oxygen atoms in total. The number of allylic oxidation sites excluding steroid dienone is 2. The minimum atomic E-state index is 0.103. The Morgan fingerprint density at radius 2 is 1.92 bits per heavy atom. The quantitative estimate of drug-likeness (QED) is 0.495. The maximum Gasteiger partial charge on any atom is 0.0482 e. The molecule has 0 aliphatic carbocycles. The summed E-state index contributed by atoms with van der Waals surface area (Å²) < 4.78 is 0. The Hall–Kier alpha value is -0.300. The van der Waals surface area contributed by atoms with E-state index in [9.17, 15) is 0 Å². The zero-order valence-electron chi connectivity index (χ0n) is 9.51. The number of aliphatic hydroxyl groups is 1. The molecule has 0 aromatic rings. The molecule has 0 fully saturated rings. The molecule has 0 aromatic heterocycles. The summed E-state index contributed by atoms with van der Waals surface area (Å²) in [6.07, 6.45) is 7.91. The highest BCUT2D eigenvalue weighted by atomic mass is 16.3. The second-order valence-electron chi connectivity index (χ2n) is 4.89. The van der Waals surface area contributed by atoms with Gasteiger partial charge in [-0.3, -0.25) is 0 Å². The first-order valence-electron chi connectivity index (χ1n) is 5.25. The normalized spacial score (nSPS) is 13.1. The lowest BCUT2D eigenvalue weighted by Crippen LogP contribution is -2.15. The smallest absolute Gasteiger partial charge is 0.0482 e. The van der Waals surface area contributed by atoms with Crippen LogP contribution in [0.4, 0.5) is 0 Å². The lowest BCUT2D eigenvalue weighted by atomic mass is 9.88. The van der Waals surface area contributed by atoms with E-state index in [-0.39, 0.29) is 5.41 Å². The second-order valence-corrected chi connectivity index (χ2v) is 4.89. The molecule has 0 aliphatic rings. The minimum absolute atomic E-state index is 0.103. The van der Waals surface area contributed by atoms with Crippen molar-refractivity contribution in [1.82, 2.24) is 0 Å². The van der Waals surface area contributed by atoms with Crippen LogP contribution in [0.25, 0.3) is 0 Å². The van der Waals surface area contributed by atoms with Crippen LogP contribution in [0.3, 0.4) is 0 Å². The van der Waals surface area contributed by atoms with Crippen LogP contribution < -0.4 is 0 Å². The first kappa shape index (κ1) is 12.7. The predicted molar refractivity (Wildman–Crippen MR) is 58.7 cm³/mol. The molecule has 13 heavy (non-hydrogen) atoms. The van der Waals surface area contributed by atoms with Gasteiger partial charge in [-0.1, -0.05) is 39.8 Å². The zero-order valence-corrected chi connectivity index (χ0v) is 9.51. The summed E-state index contributed by atoms with van der Waals surface area (Å²) in [7, 11) is 0. The molecule has 0 rings (SSSR count). The fourth-order valence-electron chi connectivity index (χ4n) is 1.15. The molecule has 0 aromatic carbocycles. The van der Waals surface area contributed by atoms with Crippen LogP contribution >= 0.6 is 0 Å². The van der Waals surface area contributed by atoms with E-state index in [2.05, 4.69) is 39.8 Å². The fraction of sp³-hybridized carbons (Fsp3) is 0.833. The Kier molecular flexibility index (Phi) is 6.06. The lowest BCUT2D eigenvalue weighted by molar-refractivity contribution is 0.148. The van der Waals surface area contributed by atoms with Crippen molar-refractivity contribution in [3.05, 3.63) is 12.2 Å². The molecule has 0 bridgehead atoms. The van der Waals surface area contributed by atoms with Crippen LogP contribution in [0.2, 0.25) is 0 Å². The van der Waals surface area contributed by atoms with Crippen molar-refractivity contribution in [2.24, 2.45) is 11.3 Å². The van der Waals surface area contributed by atoms with Crippen molar-refractivity contribution in [1.29, 1.82) is 0 Å². The summed E-state index contributed by atoms with van der Waals surface area (Å²) >= 11 is 0. The number of unbranched alkanes of at least 4 members (excludes halogenated alkanes) is 1. The van der Waals surface area contributed by atoms with Crippen LogP contribution in [0.1, 0.15) is 47.0 Å². The number of hydrogen-bond donors (Lipinski definition) is 1. The van der Waals surface area contributed by atoms with Gasteiger partial charge in [0.05, 0.1) is 0 Å². The van der Waals surface area contributed by atoms with E-state index in [4.69, 9.17) is 5.11 Å². The van der Waals surface area contributed by atoms with E-state index in [0.29, 0.717) is 12.5 Å². The van der Waals surface area contributed by atoms with Gasteiger partial charge >= 0.3 is 0 Å². The Balaban J connectivity index is 3.46. The summed E-state index contributed by atoms with van der Waals surface area (Å²) in [5.41, 5.74) is 0.103. The fourth-order valence-corrected chi connectivity index (χ4v) is 1.15. The standard InChI is InChI=1S/C12H24O/c1-11(2)8-6-5-7-9-12(3,4)10-13/h6,8,11,13H,5,7,9-10H2,1-4H3/b8-6+. The number of aliphatic hydroxyl groups excluding tert-OH is 1. The van der Waals surface area contributed by atoms with E-state index < -0.39 is 0 Å². The van der Waals surface area contributed by atoms with Crippen LogP contribution in [-0.2, 0) is 0 Å². The third kappa shape index (κ3) is 8.04. The van der Waals surface area contributed by atoms with Gasteiger partial charge in [-0.25, -0.2) is 0 Å². The number of hydrogen-bond acceptors (Lipinski definition) is 1. The zero-order chi connectivity index (χ0) is 10.3. The molecule has 0 radical (unpaired) electrons. The van der Waals surface area contributed by atoms with E-state index in [1.54, 1.807) is 0 Å². The molecule has 0 unspecified atom stereocenters. The van der Waals surface area contributed by atoms with Crippen LogP contribution in [-0.4, -0.2) is 11.7 Å². The molecule has 1 N–H and O–H groups in total. The lowest BCUT2D eigenvalue weighted by Gasteiger charge is -2.20. The molecule has 0 heterocycles. The Bertz CT molecular complexity index is 145. The highest BCUT2D eigenvalue weighted by molar-refractivity contribution is 4.84. The Labute approximate surface area is 82.9 Å². The van der Waals surface area contributed by atoms with Gasteiger partial charge < -0.3 is 5.11 Å². The van der Waals surface area contributed by atoms with Crippen molar-refractivity contribution in [2.45, 2.75) is 47.0 Å². The first-order chi connectivity index (χ1) is 5.98. The van der Waals surface area contributed by atoms with Gasteiger partial charge in [-0.2, -0.15) is 0 Å². The van der Waals surface area contributed by atoms with E-state index in [1.165, 1.54) is 6.42 Å². The van der Waals surface area contributed by atoms with E-state index >= 15 is 0 Å². The van der Waals surface area contributed by atoms with E-state index in [1.807, 2.05) is 0 Å². The molecular formula is C12H24O. The van der Waals surface area contributed by atoms with E-state index in [0.717, 1.165) is 12.8 Å². The molecular weight excluding hydrogens is 160 g/mol. The van der Waals surface area contributed by atoms with Crippen LogP contribution in [0.15, 0.2) is 12.2 Å². The number of rotatable bonds is 6. The minimum Gasteiger partial charge on any atom is -0.396 e. The average molecular weight is 184 g/mol. The van der Waals surface area contributed by atoms with Crippen LogP contribution in [0, 0.1) is 11.3 Å². The average Bonchev–Trinajstić information content (AvgIpc) is 2.03. The first-order valence-corrected chi connectivity index (χ1v) is 5.25. The van der Waals surface area contributed by atoms with Gasteiger partial charge in [0.25, 0.3) is 0 Å². The predicted octanol–water partition coefficient (Wildman–Crippen LogP) is 3.39. The summed E-state index contributed by atoms with van der Waals surface area (Å²) in [6.45, 7) is 8.89. The maximum atomic E-state index is 9.02. The summed E-state index contributed by atoms with van der Waals surface area (Å²) in [5.74, 6) is 0.658. The van der Waals surface area contributed by atoms with Gasteiger partial charge in [0, 0.05) is 6.61 Å². The summed E-state index contributed by atoms with van der Waals surface area (Å²) in [4.78, 5) is 0. The largest absolute Gasteiger partial charge is 0.396 e. The highest BCUT2D eigenvalue weighted by Gasteiger charge is 2.14. The van der Waals surface area contributed by atoms with Gasteiger partial charge in [-0.05, 0) is 30.6 Å². The Morgan fingerprint density at radius 1 is 1.31 bits per heavy atom. The van der Waals surface area contributed by atoms with Crippen molar-refractivity contribution < 1.29 is 5.11 Å². The van der Waals surface area contributed by atoms with Gasteiger partial charge in [0.15, 0.2) is 0 Å². The maximum absolute atomic E-state index is 9.02. The monoisotopic (exact) mass is 184 g/mol. The van der Waals surface area contributed by atoms with Gasteiger partial charge in [-0.15, -0.1) is 0 Å². The molecule has 1 heteroatoms. The topological polar surface area (TPSA) is 20.2 Å². The molecule has 0 amide bonds. The molecule has 0 saturated heterocycles. The summed E-state index contributed by atoms with van der Waals surface area (Å²) in [5, 5.41) is 9.02. The van der Waals surface area contributed by atoms with Gasteiger partial charge in [0.1, 0.15) is 0 Å².